The molecule has 5 heteroatoms. The fourth-order valence-corrected chi connectivity index (χ4v) is 2.57. The first-order valence-electron chi connectivity index (χ1n) is 7.63. The van der Waals surface area contributed by atoms with Crippen LogP contribution in [0.1, 0.15) is 39.8 Å². The van der Waals surface area contributed by atoms with Gasteiger partial charge in [0, 0.05) is 28.6 Å². The third-order valence-corrected chi connectivity index (χ3v) is 3.87. The number of Topliss-reactive ketones (excluding diaryl/α,β-unsaturated/α-hetero) is 1. The second-order valence-electron chi connectivity index (χ2n) is 5.51. The molecule has 122 valence electrons. The van der Waals surface area contributed by atoms with Crippen LogP contribution >= 0.6 is 0 Å². The zero-order valence-electron chi connectivity index (χ0n) is 13.4. The minimum absolute atomic E-state index is 0.00138. The molecule has 2 aromatic carbocycles. The molecule has 0 radical (unpaired) electrons. The molecule has 0 aliphatic carbocycles. The molecule has 1 N–H and O–H groups in total. The number of amides is 1. The number of hydrogen-bond donors (Lipinski definition) is 1. The standard InChI is InChI=1S/C19H16FNO3/c1-3-16(22)12-5-4-6-14(9-12)21-19(23)18-11(2)15-10-13(20)7-8-17(15)24-18/h4-10H,3H2,1-2H3,(H,21,23). The van der Waals surface area contributed by atoms with Crippen molar-refractivity contribution in [1.29, 1.82) is 0 Å². The van der Waals surface area contributed by atoms with E-state index in [-0.39, 0.29) is 17.4 Å². The summed E-state index contributed by atoms with van der Waals surface area (Å²) in [5.41, 5.74) is 2.07. The summed E-state index contributed by atoms with van der Waals surface area (Å²) in [5.74, 6) is -0.696. The van der Waals surface area contributed by atoms with Crippen LogP contribution in [0.25, 0.3) is 11.0 Å². The molecular weight excluding hydrogens is 309 g/mol. The molecular formula is C19H16FNO3. The third kappa shape index (κ3) is 2.93. The minimum Gasteiger partial charge on any atom is -0.451 e. The lowest BCUT2D eigenvalue weighted by atomic mass is 10.1. The van der Waals surface area contributed by atoms with Gasteiger partial charge in [-0.1, -0.05) is 19.1 Å². The first-order valence-corrected chi connectivity index (χ1v) is 7.63. The van der Waals surface area contributed by atoms with Crippen LogP contribution in [-0.4, -0.2) is 11.7 Å². The van der Waals surface area contributed by atoms with Crippen molar-refractivity contribution in [3.05, 3.63) is 65.2 Å². The van der Waals surface area contributed by atoms with E-state index in [1.807, 2.05) is 0 Å². The van der Waals surface area contributed by atoms with Gasteiger partial charge < -0.3 is 9.73 Å². The first kappa shape index (κ1) is 15.9. The maximum atomic E-state index is 13.4. The van der Waals surface area contributed by atoms with E-state index in [0.29, 0.717) is 34.2 Å². The van der Waals surface area contributed by atoms with Crippen molar-refractivity contribution in [3.8, 4) is 0 Å². The summed E-state index contributed by atoms with van der Waals surface area (Å²) in [4.78, 5) is 24.2. The van der Waals surface area contributed by atoms with Crippen LogP contribution in [0.4, 0.5) is 10.1 Å². The van der Waals surface area contributed by atoms with E-state index >= 15 is 0 Å². The van der Waals surface area contributed by atoms with E-state index in [2.05, 4.69) is 5.32 Å². The number of ketones is 1. The van der Waals surface area contributed by atoms with Crippen molar-refractivity contribution in [3.63, 3.8) is 0 Å². The highest BCUT2D eigenvalue weighted by Gasteiger charge is 2.18. The highest BCUT2D eigenvalue weighted by molar-refractivity contribution is 6.07. The molecule has 24 heavy (non-hydrogen) atoms. The Balaban J connectivity index is 1.90. The highest BCUT2D eigenvalue weighted by atomic mass is 19.1. The topological polar surface area (TPSA) is 59.3 Å². The van der Waals surface area contributed by atoms with Gasteiger partial charge in [-0.15, -0.1) is 0 Å². The third-order valence-electron chi connectivity index (χ3n) is 3.87. The number of anilines is 1. The van der Waals surface area contributed by atoms with Gasteiger partial charge in [0.2, 0.25) is 0 Å². The van der Waals surface area contributed by atoms with Crippen LogP contribution in [0.5, 0.6) is 0 Å². The summed E-state index contributed by atoms with van der Waals surface area (Å²) in [6.45, 7) is 3.49. The van der Waals surface area contributed by atoms with Crippen molar-refractivity contribution in [1.82, 2.24) is 0 Å². The van der Waals surface area contributed by atoms with Crippen molar-refractivity contribution >= 4 is 28.3 Å². The number of halogens is 1. The molecule has 1 heterocycles. The Labute approximate surface area is 138 Å². The Morgan fingerprint density at radius 3 is 2.71 bits per heavy atom. The van der Waals surface area contributed by atoms with Crippen molar-refractivity contribution in [2.45, 2.75) is 20.3 Å². The van der Waals surface area contributed by atoms with Crippen LogP contribution in [0.2, 0.25) is 0 Å². The molecule has 0 fully saturated rings. The highest BCUT2D eigenvalue weighted by Crippen LogP contribution is 2.26. The van der Waals surface area contributed by atoms with Crippen LogP contribution in [0.15, 0.2) is 46.9 Å². The number of aryl methyl sites for hydroxylation is 1. The number of carbonyl (C=O) groups excluding carboxylic acids is 2. The van der Waals surface area contributed by atoms with Crippen LogP contribution in [0.3, 0.4) is 0 Å². The van der Waals surface area contributed by atoms with Crippen LogP contribution in [0, 0.1) is 12.7 Å². The van der Waals surface area contributed by atoms with E-state index in [1.165, 1.54) is 18.2 Å². The largest absolute Gasteiger partial charge is 0.451 e. The van der Waals surface area contributed by atoms with Gasteiger partial charge in [-0.3, -0.25) is 9.59 Å². The number of rotatable bonds is 4. The van der Waals surface area contributed by atoms with Gasteiger partial charge in [-0.2, -0.15) is 0 Å². The lowest BCUT2D eigenvalue weighted by Gasteiger charge is -2.05. The maximum absolute atomic E-state index is 13.4. The van der Waals surface area contributed by atoms with Crippen molar-refractivity contribution in [2.75, 3.05) is 5.32 Å². The van der Waals surface area contributed by atoms with E-state index < -0.39 is 5.91 Å². The average molecular weight is 325 g/mol. The van der Waals surface area contributed by atoms with E-state index in [4.69, 9.17) is 4.42 Å². The van der Waals surface area contributed by atoms with Gasteiger partial charge in [-0.25, -0.2) is 4.39 Å². The lowest BCUT2D eigenvalue weighted by molar-refractivity contribution is 0.0982. The number of benzene rings is 2. The summed E-state index contributed by atoms with van der Waals surface area (Å²) in [5, 5.41) is 3.28. The molecule has 0 aliphatic heterocycles. The second-order valence-corrected chi connectivity index (χ2v) is 5.51. The quantitative estimate of drug-likeness (QED) is 0.706. The Bertz CT molecular complexity index is 943. The van der Waals surface area contributed by atoms with Gasteiger partial charge in [-0.05, 0) is 37.3 Å². The summed E-state index contributed by atoms with van der Waals surface area (Å²) in [7, 11) is 0. The number of fused-ring (bicyclic) bond motifs is 1. The summed E-state index contributed by atoms with van der Waals surface area (Å²) in [6.07, 6.45) is 0.394. The molecule has 4 nitrogen and oxygen atoms in total. The smallest absolute Gasteiger partial charge is 0.291 e. The molecule has 0 saturated carbocycles. The molecule has 0 saturated heterocycles. The molecule has 0 atom stereocenters. The van der Waals surface area contributed by atoms with Gasteiger partial charge in [0.25, 0.3) is 5.91 Å². The summed E-state index contributed by atoms with van der Waals surface area (Å²) >= 11 is 0. The molecule has 0 spiro atoms. The van der Waals surface area contributed by atoms with Crippen LogP contribution in [-0.2, 0) is 0 Å². The molecule has 1 amide bonds. The minimum atomic E-state index is -0.440. The Hall–Kier alpha value is -2.95. The number of furan rings is 1. The molecule has 3 rings (SSSR count). The van der Waals surface area contributed by atoms with Gasteiger partial charge in [0.15, 0.2) is 11.5 Å². The molecule has 1 aromatic heterocycles. The fraction of sp³-hybridized carbons (Fsp3) is 0.158. The molecule has 0 bridgehead atoms. The number of carbonyl (C=O) groups is 2. The van der Waals surface area contributed by atoms with E-state index in [0.717, 1.165) is 0 Å². The number of hydrogen-bond acceptors (Lipinski definition) is 3. The normalized spacial score (nSPS) is 10.8. The van der Waals surface area contributed by atoms with Gasteiger partial charge in [0.05, 0.1) is 0 Å². The fourth-order valence-electron chi connectivity index (χ4n) is 2.57. The predicted octanol–water partition coefficient (Wildman–Crippen LogP) is 4.73. The Morgan fingerprint density at radius 1 is 1.17 bits per heavy atom. The Kier molecular flexibility index (Phi) is 4.16. The molecule has 3 aromatic rings. The van der Waals surface area contributed by atoms with Crippen molar-refractivity contribution < 1.29 is 18.4 Å². The van der Waals surface area contributed by atoms with Gasteiger partial charge >= 0.3 is 0 Å². The van der Waals surface area contributed by atoms with Crippen molar-refractivity contribution in [2.24, 2.45) is 0 Å². The van der Waals surface area contributed by atoms with E-state index in [1.54, 1.807) is 38.1 Å². The van der Waals surface area contributed by atoms with Crippen LogP contribution < -0.4 is 5.32 Å². The SMILES string of the molecule is CCC(=O)c1cccc(NC(=O)c2oc3ccc(F)cc3c2C)c1. The van der Waals surface area contributed by atoms with E-state index in [9.17, 15) is 14.0 Å². The lowest BCUT2D eigenvalue weighted by Crippen LogP contribution is -2.12. The average Bonchev–Trinajstić information content (AvgIpc) is 2.91. The zero-order chi connectivity index (χ0) is 17.3. The predicted molar refractivity (Wildman–Crippen MR) is 89.9 cm³/mol. The first-order chi connectivity index (χ1) is 11.5. The maximum Gasteiger partial charge on any atom is 0.291 e. The zero-order valence-corrected chi connectivity index (χ0v) is 13.4. The Morgan fingerprint density at radius 2 is 1.96 bits per heavy atom. The summed E-state index contributed by atoms with van der Waals surface area (Å²) < 4.78 is 18.9. The van der Waals surface area contributed by atoms with Gasteiger partial charge in [0.1, 0.15) is 11.4 Å². The molecule has 0 aliphatic rings. The monoisotopic (exact) mass is 325 g/mol. The molecule has 0 unspecified atom stereocenters. The second kappa shape index (κ2) is 6.28. The summed E-state index contributed by atoms with van der Waals surface area (Å²) in [6, 6.07) is 10.9. The number of nitrogens with one attached hydrogen (secondary N) is 1.